The molecule has 14 heavy (non-hydrogen) atoms. The summed E-state index contributed by atoms with van der Waals surface area (Å²) in [6.45, 7) is 2.43. The number of nitrogens with zero attached hydrogens (tertiary/aromatic N) is 2. The van der Waals surface area contributed by atoms with Crippen molar-refractivity contribution >= 4 is 21.8 Å². The van der Waals surface area contributed by atoms with Crippen LogP contribution in [0.25, 0.3) is 0 Å². The Morgan fingerprint density at radius 1 is 1.79 bits per heavy atom. The number of carbonyl (C=O) groups excluding carboxylic acids is 1. The number of alkyl halides is 1. The molecule has 5 heteroatoms. The molecule has 0 spiro atoms. The van der Waals surface area contributed by atoms with Crippen molar-refractivity contribution in [1.82, 2.24) is 15.1 Å². The van der Waals surface area contributed by atoms with Gasteiger partial charge in [-0.25, -0.2) is 0 Å². The molecule has 78 valence electrons. The van der Waals surface area contributed by atoms with Crippen LogP contribution >= 0.6 is 15.9 Å². The van der Waals surface area contributed by atoms with E-state index in [1.807, 2.05) is 19.3 Å². The predicted molar refractivity (Wildman–Crippen MR) is 58.3 cm³/mol. The van der Waals surface area contributed by atoms with Gasteiger partial charge >= 0.3 is 0 Å². The molecule has 1 unspecified atom stereocenters. The highest BCUT2D eigenvalue weighted by Gasteiger charge is 2.07. The molecule has 0 aromatic carbocycles. The van der Waals surface area contributed by atoms with Gasteiger partial charge in [-0.05, 0) is 13.0 Å². The fourth-order valence-corrected chi connectivity index (χ4v) is 1.21. The van der Waals surface area contributed by atoms with E-state index < -0.39 is 0 Å². The third-order valence-electron chi connectivity index (χ3n) is 1.81. The van der Waals surface area contributed by atoms with Gasteiger partial charge in [-0.15, -0.1) is 0 Å². The van der Waals surface area contributed by atoms with Crippen molar-refractivity contribution in [3.63, 3.8) is 0 Å². The number of aromatic nitrogens is 2. The lowest BCUT2D eigenvalue weighted by molar-refractivity contribution is -0.120. The first-order valence-corrected chi connectivity index (χ1v) is 5.41. The maximum Gasteiger partial charge on any atom is 0.233 e. The van der Waals surface area contributed by atoms with Crippen molar-refractivity contribution in [2.45, 2.75) is 18.2 Å². The van der Waals surface area contributed by atoms with Crippen molar-refractivity contribution in [2.24, 2.45) is 7.05 Å². The maximum atomic E-state index is 11.2. The summed E-state index contributed by atoms with van der Waals surface area (Å²) in [6.07, 6.45) is 2.66. The molecule has 1 rings (SSSR count). The van der Waals surface area contributed by atoms with Gasteiger partial charge in [0, 0.05) is 26.2 Å². The van der Waals surface area contributed by atoms with Crippen LogP contribution < -0.4 is 5.32 Å². The molecular weight excluding hydrogens is 246 g/mol. The molecule has 1 heterocycles. The third kappa shape index (κ3) is 3.49. The van der Waals surface area contributed by atoms with Crippen molar-refractivity contribution < 1.29 is 4.79 Å². The Kier molecular flexibility index (Phi) is 4.13. The Morgan fingerprint density at radius 3 is 3.00 bits per heavy atom. The number of hydrogen-bond donors (Lipinski definition) is 1. The number of amides is 1. The van der Waals surface area contributed by atoms with Crippen LogP contribution in [0.15, 0.2) is 12.3 Å². The summed E-state index contributed by atoms with van der Waals surface area (Å²) in [5.74, 6) is 0.0148. The number of rotatable bonds is 4. The van der Waals surface area contributed by atoms with Crippen LogP contribution in [0.4, 0.5) is 0 Å². The molecule has 1 aromatic heterocycles. The highest BCUT2D eigenvalue weighted by atomic mass is 79.9. The molecule has 0 aliphatic rings. The zero-order chi connectivity index (χ0) is 10.6. The molecule has 4 nitrogen and oxygen atoms in total. The highest BCUT2D eigenvalue weighted by molar-refractivity contribution is 9.10. The molecule has 1 aromatic rings. The summed E-state index contributed by atoms with van der Waals surface area (Å²) in [7, 11) is 1.88. The van der Waals surface area contributed by atoms with E-state index in [2.05, 4.69) is 26.3 Å². The summed E-state index contributed by atoms with van der Waals surface area (Å²) < 4.78 is 1.75. The van der Waals surface area contributed by atoms with Gasteiger partial charge in [0.2, 0.25) is 5.91 Å². The largest absolute Gasteiger partial charge is 0.355 e. The minimum Gasteiger partial charge on any atom is -0.355 e. The number of aryl methyl sites for hydroxylation is 1. The molecule has 1 N–H and O–H groups in total. The van der Waals surface area contributed by atoms with Gasteiger partial charge in [0.1, 0.15) is 0 Å². The molecule has 0 aliphatic carbocycles. The zero-order valence-electron chi connectivity index (χ0n) is 8.33. The van der Waals surface area contributed by atoms with Crippen LogP contribution in [-0.2, 0) is 18.3 Å². The zero-order valence-corrected chi connectivity index (χ0v) is 9.91. The monoisotopic (exact) mass is 259 g/mol. The van der Waals surface area contributed by atoms with Crippen molar-refractivity contribution in [3.05, 3.63) is 18.0 Å². The Bertz CT molecular complexity index is 309. The SMILES string of the molecule is CC(Br)C(=O)NCCc1ccn(C)n1. The predicted octanol–water partition coefficient (Wildman–Crippen LogP) is 0.862. The van der Waals surface area contributed by atoms with Crippen LogP contribution in [0.2, 0.25) is 0 Å². The first-order valence-electron chi connectivity index (χ1n) is 4.50. The Morgan fingerprint density at radius 2 is 2.50 bits per heavy atom. The van der Waals surface area contributed by atoms with Gasteiger partial charge < -0.3 is 5.32 Å². The van der Waals surface area contributed by atoms with Gasteiger partial charge in [0.05, 0.1) is 10.5 Å². The van der Waals surface area contributed by atoms with E-state index in [9.17, 15) is 4.79 Å². The number of carbonyl (C=O) groups is 1. The second-order valence-electron chi connectivity index (χ2n) is 3.14. The summed E-state index contributed by atoms with van der Waals surface area (Å²) >= 11 is 3.20. The second-order valence-corrected chi connectivity index (χ2v) is 4.51. The molecule has 0 fully saturated rings. The third-order valence-corrected chi connectivity index (χ3v) is 2.23. The smallest absolute Gasteiger partial charge is 0.233 e. The second kappa shape index (κ2) is 5.14. The summed E-state index contributed by atoms with van der Waals surface area (Å²) in [4.78, 5) is 11.0. The molecule has 0 saturated heterocycles. The highest BCUT2D eigenvalue weighted by Crippen LogP contribution is 1.97. The quantitative estimate of drug-likeness (QED) is 0.816. The van der Waals surface area contributed by atoms with E-state index >= 15 is 0 Å². The average molecular weight is 260 g/mol. The van der Waals surface area contributed by atoms with E-state index in [0.717, 1.165) is 12.1 Å². The average Bonchev–Trinajstić information content (AvgIpc) is 2.51. The first kappa shape index (κ1) is 11.2. The lowest BCUT2D eigenvalue weighted by atomic mass is 10.3. The van der Waals surface area contributed by atoms with Crippen molar-refractivity contribution in [2.75, 3.05) is 6.54 Å². The molecule has 0 saturated carbocycles. The van der Waals surface area contributed by atoms with Gasteiger partial charge in [0.25, 0.3) is 0 Å². The van der Waals surface area contributed by atoms with E-state index in [-0.39, 0.29) is 10.7 Å². The minimum atomic E-state index is -0.133. The van der Waals surface area contributed by atoms with E-state index in [1.165, 1.54) is 0 Å². The van der Waals surface area contributed by atoms with E-state index in [0.29, 0.717) is 6.54 Å². The summed E-state index contributed by atoms with van der Waals surface area (Å²) in [5, 5.41) is 7.01. The number of halogens is 1. The standard InChI is InChI=1S/C9H14BrN3O/c1-7(10)9(14)11-5-3-8-4-6-13(2)12-8/h4,6-7H,3,5H2,1-2H3,(H,11,14). The van der Waals surface area contributed by atoms with Gasteiger partial charge in [0.15, 0.2) is 0 Å². The Balaban J connectivity index is 2.25. The summed E-state index contributed by atoms with van der Waals surface area (Å²) in [5.41, 5.74) is 0.995. The molecular formula is C9H14BrN3O. The Labute approximate surface area is 91.8 Å². The maximum absolute atomic E-state index is 11.2. The molecule has 0 radical (unpaired) electrons. The van der Waals surface area contributed by atoms with Gasteiger partial charge in [-0.3, -0.25) is 9.48 Å². The molecule has 1 amide bonds. The molecule has 0 aliphatic heterocycles. The van der Waals surface area contributed by atoms with E-state index in [1.54, 1.807) is 11.6 Å². The molecule has 1 atom stereocenters. The fourth-order valence-electron chi connectivity index (χ4n) is 1.05. The van der Waals surface area contributed by atoms with Gasteiger partial charge in [-0.2, -0.15) is 5.10 Å². The van der Waals surface area contributed by atoms with Crippen LogP contribution in [0.5, 0.6) is 0 Å². The number of nitrogens with one attached hydrogen (secondary N) is 1. The molecule has 0 bridgehead atoms. The van der Waals surface area contributed by atoms with E-state index in [4.69, 9.17) is 0 Å². The summed E-state index contributed by atoms with van der Waals surface area (Å²) in [6, 6.07) is 1.95. The van der Waals surface area contributed by atoms with Crippen molar-refractivity contribution in [3.8, 4) is 0 Å². The van der Waals surface area contributed by atoms with Crippen molar-refractivity contribution in [1.29, 1.82) is 0 Å². The fraction of sp³-hybridized carbons (Fsp3) is 0.556. The lowest BCUT2D eigenvalue weighted by Gasteiger charge is -2.04. The van der Waals surface area contributed by atoms with Crippen LogP contribution in [-0.4, -0.2) is 27.1 Å². The Hall–Kier alpha value is -0.840. The van der Waals surface area contributed by atoms with Crippen LogP contribution in [0.3, 0.4) is 0 Å². The topological polar surface area (TPSA) is 46.9 Å². The van der Waals surface area contributed by atoms with Gasteiger partial charge in [-0.1, -0.05) is 15.9 Å². The number of hydrogen-bond acceptors (Lipinski definition) is 2. The minimum absolute atomic E-state index is 0.0148. The lowest BCUT2D eigenvalue weighted by Crippen LogP contribution is -2.31. The van der Waals surface area contributed by atoms with Crippen LogP contribution in [0, 0.1) is 0 Å². The first-order chi connectivity index (χ1) is 6.59. The van der Waals surface area contributed by atoms with Crippen LogP contribution in [0.1, 0.15) is 12.6 Å². The normalized spacial score (nSPS) is 12.5.